The standard InChI is InChI=1S/C23H24F2N2O3/c24-20-9-6-17(12-21(20)25)23(29)27-10-2-3-15(13-27)14-30-19-5-1-4-16(11-19)22(28)26-18-7-8-18/h1,4-6,9,11-12,15,18H,2-3,7-8,10,13-14H2,(H,26,28)/t15-/m1/s1. The molecular weight excluding hydrogens is 390 g/mol. The predicted octanol–water partition coefficient (Wildman–Crippen LogP) is 3.79. The summed E-state index contributed by atoms with van der Waals surface area (Å²) in [6.45, 7) is 1.47. The lowest BCUT2D eigenvalue weighted by atomic mass is 9.98. The number of nitrogens with one attached hydrogen (secondary N) is 1. The number of likely N-dealkylation sites (tertiary alicyclic amines) is 1. The Morgan fingerprint density at radius 1 is 1.03 bits per heavy atom. The maximum Gasteiger partial charge on any atom is 0.253 e. The quantitative estimate of drug-likeness (QED) is 0.783. The molecule has 7 heteroatoms. The number of rotatable bonds is 6. The molecule has 0 radical (unpaired) electrons. The second-order valence-electron chi connectivity index (χ2n) is 7.97. The number of nitrogens with zero attached hydrogens (tertiary/aromatic N) is 1. The Bertz CT molecular complexity index is 946. The van der Waals surface area contributed by atoms with Crippen molar-refractivity contribution in [2.24, 2.45) is 5.92 Å². The Morgan fingerprint density at radius 2 is 1.87 bits per heavy atom. The Labute approximate surface area is 174 Å². The van der Waals surface area contributed by atoms with E-state index >= 15 is 0 Å². The van der Waals surface area contributed by atoms with Gasteiger partial charge >= 0.3 is 0 Å². The highest BCUT2D eigenvalue weighted by atomic mass is 19.2. The lowest BCUT2D eigenvalue weighted by molar-refractivity contribution is 0.0632. The van der Waals surface area contributed by atoms with E-state index in [1.165, 1.54) is 6.07 Å². The van der Waals surface area contributed by atoms with Crippen LogP contribution >= 0.6 is 0 Å². The van der Waals surface area contributed by atoms with Crippen LogP contribution in [0.15, 0.2) is 42.5 Å². The number of benzene rings is 2. The van der Waals surface area contributed by atoms with Crippen LogP contribution in [0.4, 0.5) is 8.78 Å². The van der Waals surface area contributed by atoms with Gasteiger partial charge < -0.3 is 15.0 Å². The first-order valence-corrected chi connectivity index (χ1v) is 10.3. The Balaban J connectivity index is 1.33. The van der Waals surface area contributed by atoms with Gasteiger partial charge in [-0.15, -0.1) is 0 Å². The fourth-order valence-electron chi connectivity index (χ4n) is 3.63. The van der Waals surface area contributed by atoms with Gasteiger partial charge in [0.15, 0.2) is 11.6 Å². The zero-order valence-corrected chi connectivity index (χ0v) is 16.6. The molecular formula is C23H24F2N2O3. The van der Waals surface area contributed by atoms with Crippen molar-refractivity contribution in [3.05, 3.63) is 65.2 Å². The number of halogens is 2. The summed E-state index contributed by atoms with van der Waals surface area (Å²) in [6.07, 6.45) is 3.78. The largest absolute Gasteiger partial charge is 0.493 e. The highest BCUT2D eigenvalue weighted by Gasteiger charge is 2.26. The third kappa shape index (κ3) is 4.96. The van der Waals surface area contributed by atoms with Crippen molar-refractivity contribution in [1.82, 2.24) is 10.2 Å². The highest BCUT2D eigenvalue weighted by Crippen LogP contribution is 2.23. The molecule has 0 aromatic heterocycles. The van der Waals surface area contributed by atoms with Crippen LogP contribution in [0.3, 0.4) is 0 Å². The van der Waals surface area contributed by atoms with E-state index in [1.807, 2.05) is 0 Å². The van der Waals surface area contributed by atoms with Crippen LogP contribution in [0.5, 0.6) is 5.75 Å². The summed E-state index contributed by atoms with van der Waals surface area (Å²) in [5, 5.41) is 2.96. The van der Waals surface area contributed by atoms with Gasteiger partial charge in [0.25, 0.3) is 11.8 Å². The third-order valence-corrected chi connectivity index (χ3v) is 5.47. The molecule has 30 heavy (non-hydrogen) atoms. The first kappa shape index (κ1) is 20.3. The Kier molecular flexibility index (Phi) is 5.97. The van der Waals surface area contributed by atoms with E-state index < -0.39 is 11.6 Å². The van der Waals surface area contributed by atoms with E-state index in [-0.39, 0.29) is 23.3 Å². The zero-order chi connectivity index (χ0) is 21.1. The summed E-state index contributed by atoms with van der Waals surface area (Å²) in [5.41, 5.74) is 0.711. The monoisotopic (exact) mass is 414 g/mol. The zero-order valence-electron chi connectivity index (χ0n) is 16.6. The molecule has 1 heterocycles. The summed E-state index contributed by atoms with van der Waals surface area (Å²) in [6, 6.07) is 10.6. The molecule has 1 saturated carbocycles. The molecule has 1 atom stereocenters. The minimum Gasteiger partial charge on any atom is -0.493 e. The molecule has 4 rings (SSSR count). The molecule has 158 valence electrons. The predicted molar refractivity (Wildman–Crippen MR) is 107 cm³/mol. The van der Waals surface area contributed by atoms with E-state index in [2.05, 4.69) is 5.32 Å². The van der Waals surface area contributed by atoms with Gasteiger partial charge in [0, 0.05) is 36.2 Å². The lowest BCUT2D eigenvalue weighted by Gasteiger charge is -2.32. The summed E-state index contributed by atoms with van der Waals surface area (Å²) < 4.78 is 32.5. The smallest absolute Gasteiger partial charge is 0.253 e. The number of hydrogen-bond acceptors (Lipinski definition) is 3. The van der Waals surface area contributed by atoms with Crippen molar-refractivity contribution < 1.29 is 23.1 Å². The average molecular weight is 414 g/mol. The molecule has 1 aliphatic heterocycles. The van der Waals surface area contributed by atoms with Crippen molar-refractivity contribution in [3.8, 4) is 5.75 Å². The first-order chi connectivity index (χ1) is 14.5. The van der Waals surface area contributed by atoms with Crippen LogP contribution < -0.4 is 10.1 Å². The van der Waals surface area contributed by atoms with E-state index in [9.17, 15) is 18.4 Å². The molecule has 2 aliphatic rings. The molecule has 2 aromatic rings. The topological polar surface area (TPSA) is 58.6 Å². The van der Waals surface area contributed by atoms with Gasteiger partial charge in [0.2, 0.25) is 0 Å². The fourth-order valence-corrected chi connectivity index (χ4v) is 3.63. The van der Waals surface area contributed by atoms with Crippen molar-refractivity contribution in [3.63, 3.8) is 0 Å². The summed E-state index contributed by atoms with van der Waals surface area (Å²) in [7, 11) is 0. The van der Waals surface area contributed by atoms with Crippen molar-refractivity contribution in [2.45, 2.75) is 31.7 Å². The van der Waals surface area contributed by atoms with Gasteiger partial charge in [0.1, 0.15) is 5.75 Å². The van der Waals surface area contributed by atoms with Crippen LogP contribution in [0.1, 0.15) is 46.4 Å². The molecule has 5 nitrogen and oxygen atoms in total. The maximum absolute atomic E-state index is 13.5. The van der Waals surface area contributed by atoms with Gasteiger partial charge in [-0.2, -0.15) is 0 Å². The number of hydrogen-bond donors (Lipinski definition) is 1. The molecule has 1 aliphatic carbocycles. The maximum atomic E-state index is 13.5. The number of carbonyl (C=O) groups excluding carboxylic acids is 2. The van der Waals surface area contributed by atoms with Crippen LogP contribution in [-0.2, 0) is 0 Å². The van der Waals surface area contributed by atoms with E-state index in [4.69, 9.17) is 4.74 Å². The Morgan fingerprint density at radius 3 is 2.63 bits per heavy atom. The normalized spacial score (nSPS) is 18.7. The second kappa shape index (κ2) is 8.81. The van der Waals surface area contributed by atoms with Crippen molar-refractivity contribution in [1.29, 1.82) is 0 Å². The molecule has 2 aromatic carbocycles. The van der Waals surface area contributed by atoms with Crippen molar-refractivity contribution >= 4 is 11.8 Å². The highest BCUT2D eigenvalue weighted by molar-refractivity contribution is 5.95. The minimum absolute atomic E-state index is 0.0936. The fraction of sp³-hybridized carbons (Fsp3) is 0.391. The summed E-state index contributed by atoms with van der Waals surface area (Å²) in [5.74, 6) is -1.66. The Hall–Kier alpha value is -2.96. The summed E-state index contributed by atoms with van der Waals surface area (Å²) >= 11 is 0. The molecule has 2 fully saturated rings. The van der Waals surface area contributed by atoms with Gasteiger partial charge in [0.05, 0.1) is 6.61 Å². The van der Waals surface area contributed by atoms with Crippen LogP contribution in [0.25, 0.3) is 0 Å². The van der Waals surface area contributed by atoms with Crippen LogP contribution in [-0.4, -0.2) is 42.5 Å². The van der Waals surface area contributed by atoms with Gasteiger partial charge in [-0.1, -0.05) is 6.07 Å². The van der Waals surface area contributed by atoms with Crippen molar-refractivity contribution in [2.75, 3.05) is 19.7 Å². The minimum atomic E-state index is -1.02. The SMILES string of the molecule is O=C(NC1CC1)c1cccc(OC[C@@H]2CCCN(C(=O)c3ccc(F)c(F)c3)C2)c1. The average Bonchev–Trinajstić information content (AvgIpc) is 3.58. The molecule has 1 N–H and O–H groups in total. The third-order valence-electron chi connectivity index (χ3n) is 5.47. The molecule has 1 saturated heterocycles. The number of carbonyl (C=O) groups is 2. The van der Waals surface area contributed by atoms with E-state index in [1.54, 1.807) is 29.2 Å². The summed E-state index contributed by atoms with van der Waals surface area (Å²) in [4.78, 5) is 26.5. The molecule has 0 bridgehead atoms. The van der Waals surface area contributed by atoms with Crippen LogP contribution in [0.2, 0.25) is 0 Å². The number of ether oxygens (including phenoxy) is 1. The van der Waals surface area contributed by atoms with Gasteiger partial charge in [-0.3, -0.25) is 9.59 Å². The van der Waals surface area contributed by atoms with E-state index in [0.717, 1.165) is 37.8 Å². The van der Waals surface area contributed by atoms with Gasteiger partial charge in [-0.25, -0.2) is 8.78 Å². The van der Waals surface area contributed by atoms with Gasteiger partial charge in [-0.05, 0) is 62.1 Å². The number of amides is 2. The van der Waals surface area contributed by atoms with Crippen LogP contribution in [0, 0.1) is 17.6 Å². The molecule has 2 amide bonds. The molecule has 0 spiro atoms. The lowest BCUT2D eigenvalue weighted by Crippen LogP contribution is -2.41. The first-order valence-electron chi connectivity index (χ1n) is 10.3. The van der Waals surface area contributed by atoms with E-state index in [0.29, 0.717) is 37.1 Å². The molecule has 0 unspecified atom stereocenters. The number of piperidine rings is 1. The second-order valence-corrected chi connectivity index (χ2v) is 7.97.